The van der Waals surface area contributed by atoms with Crippen molar-refractivity contribution in [1.82, 2.24) is 0 Å². The molecule has 0 aromatic rings. The molecule has 0 bridgehead atoms. The van der Waals surface area contributed by atoms with Crippen LogP contribution in [0.25, 0.3) is 0 Å². The van der Waals surface area contributed by atoms with Gasteiger partial charge in [-0.15, -0.1) is 0 Å². The molecule has 13 heavy (non-hydrogen) atoms. The van der Waals surface area contributed by atoms with E-state index >= 15 is 0 Å². The minimum atomic E-state index is 0.446. The summed E-state index contributed by atoms with van der Waals surface area (Å²) in [4.78, 5) is 0. The molecule has 0 aliphatic heterocycles. The van der Waals surface area contributed by atoms with Gasteiger partial charge in [-0.1, -0.05) is 68.7 Å². The minimum absolute atomic E-state index is 0.446. The molecule has 0 aromatic carbocycles. The molecule has 0 aromatic heterocycles. The zero-order chi connectivity index (χ0) is 11.3. The number of rotatable bonds is 3. The van der Waals surface area contributed by atoms with Crippen LogP contribution in [-0.2, 0) is 0 Å². The minimum Gasteiger partial charge on any atom is -0.0683 e. The third-order valence-corrected chi connectivity index (χ3v) is 4.07. The van der Waals surface area contributed by atoms with Crippen molar-refractivity contribution in [2.45, 2.75) is 68.7 Å². The van der Waals surface area contributed by atoms with Gasteiger partial charge in [-0.3, -0.25) is 0 Å². The Morgan fingerprint density at radius 2 is 1.23 bits per heavy atom. The van der Waals surface area contributed by atoms with Crippen molar-refractivity contribution >= 4 is 0 Å². The molecule has 0 aliphatic rings. The molecule has 0 amide bonds. The lowest BCUT2D eigenvalue weighted by atomic mass is 9.61. The van der Waals surface area contributed by atoms with Gasteiger partial charge < -0.3 is 0 Å². The van der Waals surface area contributed by atoms with Crippen LogP contribution in [0.3, 0.4) is 0 Å². The van der Waals surface area contributed by atoms with Crippen LogP contribution in [0.4, 0.5) is 0 Å². The van der Waals surface area contributed by atoms with Crippen LogP contribution >= 0.6 is 0 Å². The van der Waals surface area contributed by atoms with Gasteiger partial charge >= 0.3 is 0 Å². The van der Waals surface area contributed by atoms with Crippen molar-refractivity contribution in [3.05, 3.63) is 0 Å². The van der Waals surface area contributed by atoms with E-state index in [-0.39, 0.29) is 0 Å². The van der Waals surface area contributed by atoms with Gasteiger partial charge in [0, 0.05) is 0 Å². The Kier molecular flexibility index (Phi) is 6.75. The molecule has 0 saturated heterocycles. The normalized spacial score (nSPS) is 12.5. The first-order valence-electron chi connectivity index (χ1n) is 5.75. The van der Waals surface area contributed by atoms with Crippen molar-refractivity contribution in [3.8, 4) is 0 Å². The molecular weight excluding hydrogens is 156 g/mol. The van der Waals surface area contributed by atoms with E-state index in [4.69, 9.17) is 0 Å². The van der Waals surface area contributed by atoms with Crippen LogP contribution in [0.2, 0.25) is 0 Å². The summed E-state index contributed by atoms with van der Waals surface area (Å²) in [5, 5.41) is 0. The molecule has 0 heteroatoms. The van der Waals surface area contributed by atoms with Gasteiger partial charge in [0.15, 0.2) is 0 Å². The maximum absolute atomic E-state index is 2.38. The second-order valence-electron chi connectivity index (χ2n) is 5.11. The predicted octanol–water partition coefficient (Wildman–Crippen LogP) is 5.13. The highest BCUT2D eigenvalue weighted by molar-refractivity contribution is 4.86. The van der Waals surface area contributed by atoms with Crippen molar-refractivity contribution in [1.29, 1.82) is 0 Å². The summed E-state index contributed by atoms with van der Waals surface area (Å²) in [6.07, 6.45) is 1.26. The first-order valence-corrected chi connectivity index (χ1v) is 5.75. The fourth-order valence-corrected chi connectivity index (χ4v) is 1.24. The van der Waals surface area contributed by atoms with Crippen LogP contribution in [-0.4, -0.2) is 0 Å². The quantitative estimate of drug-likeness (QED) is 0.573. The van der Waals surface area contributed by atoms with Gasteiger partial charge in [0.05, 0.1) is 0 Å². The van der Waals surface area contributed by atoms with E-state index in [9.17, 15) is 0 Å². The SMILES string of the molecule is CC.CCC(C)(C)C(C)(C)C(C)C. The Labute approximate surface area is 86.1 Å². The lowest BCUT2D eigenvalue weighted by Gasteiger charge is -2.44. The van der Waals surface area contributed by atoms with E-state index < -0.39 is 0 Å². The maximum atomic E-state index is 2.38. The molecular formula is C13H30. The van der Waals surface area contributed by atoms with Gasteiger partial charge in [-0.05, 0) is 16.7 Å². The summed E-state index contributed by atoms with van der Waals surface area (Å²) in [5.74, 6) is 0.762. The van der Waals surface area contributed by atoms with Crippen LogP contribution in [0.1, 0.15) is 68.7 Å². The Balaban J connectivity index is 0. The van der Waals surface area contributed by atoms with Gasteiger partial charge in [-0.2, -0.15) is 0 Å². The third-order valence-electron chi connectivity index (χ3n) is 4.07. The number of hydrogen-bond acceptors (Lipinski definition) is 0. The summed E-state index contributed by atoms with van der Waals surface area (Å²) < 4.78 is 0. The van der Waals surface area contributed by atoms with E-state index in [2.05, 4.69) is 48.5 Å². The lowest BCUT2D eigenvalue weighted by molar-refractivity contribution is 0.0523. The molecule has 0 N–H and O–H groups in total. The van der Waals surface area contributed by atoms with Crippen LogP contribution < -0.4 is 0 Å². The van der Waals surface area contributed by atoms with Crippen molar-refractivity contribution < 1.29 is 0 Å². The summed E-state index contributed by atoms with van der Waals surface area (Å²) >= 11 is 0. The van der Waals surface area contributed by atoms with E-state index in [1.807, 2.05) is 13.8 Å². The standard InChI is InChI=1S/C11H24.C2H6/c1-8-10(4,5)11(6,7)9(2)3;1-2/h9H,8H2,1-7H3;1-2H3. The number of hydrogen-bond donors (Lipinski definition) is 0. The molecule has 0 aliphatic carbocycles. The highest BCUT2D eigenvalue weighted by Crippen LogP contribution is 2.46. The second-order valence-corrected chi connectivity index (χ2v) is 5.11. The van der Waals surface area contributed by atoms with Gasteiger partial charge in [0.1, 0.15) is 0 Å². The average molecular weight is 186 g/mol. The van der Waals surface area contributed by atoms with Gasteiger partial charge in [0.2, 0.25) is 0 Å². The van der Waals surface area contributed by atoms with Crippen LogP contribution in [0.5, 0.6) is 0 Å². The summed E-state index contributed by atoms with van der Waals surface area (Å²) in [7, 11) is 0. The molecule has 0 heterocycles. The van der Waals surface area contributed by atoms with Crippen LogP contribution in [0.15, 0.2) is 0 Å². The predicted molar refractivity (Wildman–Crippen MR) is 64.0 cm³/mol. The molecule has 0 atom stereocenters. The monoisotopic (exact) mass is 186 g/mol. The van der Waals surface area contributed by atoms with E-state index in [1.165, 1.54) is 6.42 Å². The van der Waals surface area contributed by atoms with Crippen LogP contribution in [0, 0.1) is 16.7 Å². The van der Waals surface area contributed by atoms with Crippen molar-refractivity contribution in [2.75, 3.05) is 0 Å². The van der Waals surface area contributed by atoms with E-state index in [0.29, 0.717) is 10.8 Å². The summed E-state index contributed by atoms with van der Waals surface area (Å²) in [6.45, 7) is 20.4. The molecule has 0 unspecified atom stereocenters. The third kappa shape index (κ3) is 3.70. The Morgan fingerprint density at radius 3 is 1.31 bits per heavy atom. The highest BCUT2D eigenvalue weighted by atomic mass is 14.4. The zero-order valence-electron chi connectivity index (χ0n) is 11.3. The van der Waals surface area contributed by atoms with Gasteiger partial charge in [0.25, 0.3) is 0 Å². The van der Waals surface area contributed by atoms with Gasteiger partial charge in [-0.25, -0.2) is 0 Å². The first-order chi connectivity index (χ1) is 5.75. The fourth-order valence-electron chi connectivity index (χ4n) is 1.24. The molecule has 0 radical (unpaired) electrons. The molecule has 0 rings (SSSR count). The average Bonchev–Trinajstić information content (AvgIpc) is 2.07. The second kappa shape index (κ2) is 5.67. The molecule has 0 saturated carbocycles. The van der Waals surface area contributed by atoms with E-state index in [1.54, 1.807) is 0 Å². The smallest absolute Gasteiger partial charge is 0.0280 e. The topological polar surface area (TPSA) is 0 Å². The summed E-state index contributed by atoms with van der Waals surface area (Å²) in [6, 6.07) is 0. The Hall–Kier alpha value is 0. The van der Waals surface area contributed by atoms with Crippen molar-refractivity contribution in [2.24, 2.45) is 16.7 Å². The first kappa shape index (κ1) is 15.5. The molecule has 82 valence electrons. The molecule has 0 nitrogen and oxygen atoms in total. The lowest BCUT2D eigenvalue weighted by Crippen LogP contribution is -2.36. The van der Waals surface area contributed by atoms with E-state index in [0.717, 1.165) is 5.92 Å². The molecule has 0 spiro atoms. The Bertz CT molecular complexity index is 118. The maximum Gasteiger partial charge on any atom is -0.0280 e. The molecule has 0 fully saturated rings. The highest BCUT2D eigenvalue weighted by Gasteiger charge is 2.37. The largest absolute Gasteiger partial charge is 0.0683 e. The Morgan fingerprint density at radius 1 is 0.923 bits per heavy atom. The van der Waals surface area contributed by atoms with Crippen molar-refractivity contribution in [3.63, 3.8) is 0 Å². The zero-order valence-corrected chi connectivity index (χ0v) is 11.3. The fraction of sp³-hybridized carbons (Fsp3) is 1.00. The summed E-state index contributed by atoms with van der Waals surface area (Å²) in [5.41, 5.74) is 0.906.